The number of amides is 3. The maximum absolute atomic E-state index is 13.2. The lowest BCUT2D eigenvalue weighted by atomic mass is 10.1. The summed E-state index contributed by atoms with van der Waals surface area (Å²) in [5, 5.41) is 14.6. The number of hydrogen-bond donors (Lipinski definition) is 4. The summed E-state index contributed by atoms with van der Waals surface area (Å²) in [6.45, 7) is -2.02. The molecule has 5 N–H and O–H groups in total. The standard InChI is InChI=1S/C31H33F2N5O5S.ClH/c1-17(26-12-21(16-44-26)28(34)35)37-30(41)25-13-24(43-31(32)33)15-38(25)27(39)14-36-29(40)20-6-10-23(11-7-20)42-22-8-4-19(5-9-22)18-2-3-18;/h4-12,16-18,24-25,31H,2-3,13-15H2,1H3,(H3,34,35)(H,36,40)(H,37,41);1H/t17-,24-,25+;/m1./s1. The molecular weight excluding hydrogens is 628 g/mol. The molecule has 10 nitrogen and oxygen atoms in total. The number of carbonyl (C=O) groups is 3. The molecule has 1 aliphatic carbocycles. The van der Waals surface area contributed by atoms with E-state index in [1.807, 2.05) is 12.1 Å². The Hall–Kier alpha value is -4.07. The van der Waals surface area contributed by atoms with E-state index < -0.39 is 49.1 Å². The smallest absolute Gasteiger partial charge is 0.345 e. The van der Waals surface area contributed by atoms with Gasteiger partial charge in [0.1, 0.15) is 23.4 Å². The number of thiophene rings is 1. The molecule has 240 valence electrons. The minimum Gasteiger partial charge on any atom is -0.457 e. The van der Waals surface area contributed by atoms with Gasteiger partial charge < -0.3 is 30.7 Å². The predicted octanol–water partition coefficient (Wildman–Crippen LogP) is 4.94. The van der Waals surface area contributed by atoms with Gasteiger partial charge in [-0.2, -0.15) is 8.78 Å². The fourth-order valence-corrected chi connectivity index (χ4v) is 5.98. The van der Waals surface area contributed by atoms with Crippen LogP contribution in [0.5, 0.6) is 11.5 Å². The number of nitrogens with one attached hydrogen (secondary N) is 3. The first-order valence-corrected chi connectivity index (χ1v) is 15.1. The van der Waals surface area contributed by atoms with Crippen LogP contribution in [0.1, 0.15) is 64.5 Å². The molecule has 1 aliphatic heterocycles. The third kappa shape index (κ3) is 8.77. The third-order valence-corrected chi connectivity index (χ3v) is 8.69. The number of benzene rings is 2. The fraction of sp³-hybridized carbons (Fsp3) is 0.355. The van der Waals surface area contributed by atoms with Crippen molar-refractivity contribution in [2.75, 3.05) is 13.1 Å². The van der Waals surface area contributed by atoms with Gasteiger partial charge in [-0.25, -0.2) is 0 Å². The number of likely N-dealkylation sites (tertiary alicyclic amines) is 1. The summed E-state index contributed by atoms with van der Waals surface area (Å²) in [6.07, 6.45) is 1.26. The van der Waals surface area contributed by atoms with Gasteiger partial charge in [0, 0.05) is 34.3 Å². The Labute approximate surface area is 269 Å². The van der Waals surface area contributed by atoms with E-state index in [0.717, 1.165) is 9.78 Å². The number of carbonyl (C=O) groups excluding carboxylic acids is 3. The zero-order valence-corrected chi connectivity index (χ0v) is 26.0. The minimum absolute atomic E-state index is 0. The Balaban J connectivity index is 0.00000461. The largest absolute Gasteiger partial charge is 0.457 e. The van der Waals surface area contributed by atoms with Crippen molar-refractivity contribution in [3.8, 4) is 11.5 Å². The van der Waals surface area contributed by atoms with Crippen LogP contribution >= 0.6 is 23.7 Å². The first kappa shape index (κ1) is 33.8. The zero-order valence-electron chi connectivity index (χ0n) is 24.3. The number of ether oxygens (including phenoxy) is 2. The maximum atomic E-state index is 13.2. The van der Waals surface area contributed by atoms with Crippen LogP contribution in [0, 0.1) is 5.41 Å². The van der Waals surface area contributed by atoms with Crippen molar-refractivity contribution in [2.24, 2.45) is 5.73 Å². The van der Waals surface area contributed by atoms with E-state index in [4.69, 9.17) is 15.9 Å². The summed E-state index contributed by atoms with van der Waals surface area (Å²) < 4.78 is 36.4. The van der Waals surface area contributed by atoms with Crippen molar-refractivity contribution in [1.29, 1.82) is 5.41 Å². The van der Waals surface area contributed by atoms with E-state index in [1.165, 1.54) is 29.7 Å². The molecule has 2 heterocycles. The lowest BCUT2D eigenvalue weighted by Crippen LogP contribution is -2.49. The van der Waals surface area contributed by atoms with Crippen LogP contribution in [0.4, 0.5) is 8.78 Å². The third-order valence-electron chi connectivity index (χ3n) is 7.58. The van der Waals surface area contributed by atoms with Gasteiger partial charge in [0.2, 0.25) is 11.8 Å². The summed E-state index contributed by atoms with van der Waals surface area (Å²) in [7, 11) is 0. The minimum atomic E-state index is -3.07. The number of hydrogen-bond acceptors (Lipinski definition) is 7. The molecule has 1 saturated heterocycles. The van der Waals surface area contributed by atoms with E-state index in [0.29, 0.717) is 28.5 Å². The molecule has 2 fully saturated rings. The van der Waals surface area contributed by atoms with Crippen molar-refractivity contribution >= 4 is 47.3 Å². The topological polar surface area (TPSA) is 147 Å². The average molecular weight is 662 g/mol. The monoisotopic (exact) mass is 661 g/mol. The summed E-state index contributed by atoms with van der Waals surface area (Å²) in [5.74, 6) is 0.0864. The molecule has 5 rings (SSSR count). The molecule has 0 bridgehead atoms. The van der Waals surface area contributed by atoms with Crippen LogP contribution < -0.4 is 21.1 Å². The molecule has 3 atom stereocenters. The summed E-state index contributed by atoms with van der Waals surface area (Å²) >= 11 is 1.30. The Kier molecular flexibility index (Phi) is 11.1. The zero-order chi connectivity index (χ0) is 31.4. The van der Waals surface area contributed by atoms with Crippen molar-refractivity contribution in [1.82, 2.24) is 15.5 Å². The molecule has 14 heteroatoms. The molecule has 0 unspecified atom stereocenters. The molecule has 3 amide bonds. The highest BCUT2D eigenvalue weighted by Gasteiger charge is 2.41. The van der Waals surface area contributed by atoms with Gasteiger partial charge in [0.05, 0.1) is 18.7 Å². The first-order valence-electron chi connectivity index (χ1n) is 14.2. The van der Waals surface area contributed by atoms with Gasteiger partial charge in [-0.3, -0.25) is 19.8 Å². The van der Waals surface area contributed by atoms with Crippen LogP contribution in [0.2, 0.25) is 0 Å². The molecule has 1 saturated carbocycles. The van der Waals surface area contributed by atoms with Crippen LogP contribution in [0.15, 0.2) is 60.0 Å². The molecule has 45 heavy (non-hydrogen) atoms. The molecule has 2 aliphatic rings. The molecule has 0 spiro atoms. The predicted molar refractivity (Wildman–Crippen MR) is 167 cm³/mol. The molecule has 1 aromatic heterocycles. The second-order valence-corrected chi connectivity index (χ2v) is 11.8. The van der Waals surface area contributed by atoms with Crippen molar-refractivity contribution < 1.29 is 32.6 Å². The van der Waals surface area contributed by atoms with Crippen LogP contribution in [-0.2, 0) is 14.3 Å². The van der Waals surface area contributed by atoms with Crippen molar-refractivity contribution in [3.63, 3.8) is 0 Å². The number of nitrogens with two attached hydrogens (primary N) is 1. The van der Waals surface area contributed by atoms with E-state index >= 15 is 0 Å². The van der Waals surface area contributed by atoms with Gasteiger partial charge in [-0.15, -0.1) is 23.7 Å². The average Bonchev–Trinajstić information content (AvgIpc) is 3.56. The van der Waals surface area contributed by atoms with E-state index in [9.17, 15) is 23.2 Å². The highest BCUT2D eigenvalue weighted by Crippen LogP contribution is 2.40. The highest BCUT2D eigenvalue weighted by molar-refractivity contribution is 7.10. The van der Waals surface area contributed by atoms with Gasteiger partial charge in [-0.1, -0.05) is 12.1 Å². The summed E-state index contributed by atoms with van der Waals surface area (Å²) in [4.78, 5) is 40.9. The second-order valence-electron chi connectivity index (χ2n) is 10.9. The molecule has 3 aromatic rings. The normalized spacial score (nSPS) is 18.2. The van der Waals surface area contributed by atoms with E-state index in [-0.39, 0.29) is 31.2 Å². The van der Waals surface area contributed by atoms with Crippen LogP contribution in [-0.4, -0.2) is 60.3 Å². The van der Waals surface area contributed by atoms with Crippen molar-refractivity contribution in [3.05, 3.63) is 81.5 Å². The maximum Gasteiger partial charge on any atom is 0.345 e. The number of rotatable bonds is 12. The van der Waals surface area contributed by atoms with E-state index in [1.54, 1.807) is 42.6 Å². The molecule has 0 radical (unpaired) electrons. The highest BCUT2D eigenvalue weighted by atomic mass is 35.5. The molecular formula is C31H34ClF2N5O5S. The van der Waals surface area contributed by atoms with Crippen molar-refractivity contribution in [2.45, 2.75) is 56.9 Å². The lowest BCUT2D eigenvalue weighted by Gasteiger charge is -2.25. The van der Waals surface area contributed by atoms with E-state index in [2.05, 4.69) is 27.5 Å². The van der Waals surface area contributed by atoms with Crippen LogP contribution in [0.25, 0.3) is 0 Å². The number of nitrogens with zero attached hydrogens (tertiary/aromatic N) is 1. The Bertz CT molecular complexity index is 1520. The van der Waals surface area contributed by atoms with Gasteiger partial charge in [-0.05, 0) is 73.7 Å². The first-order chi connectivity index (χ1) is 21.1. The SMILES string of the molecule is C[C@@H](NC(=O)[C@@H]1C[C@@H](OC(F)F)CN1C(=O)CNC(=O)c1ccc(Oc2ccc(C3CC3)cc2)cc1)c1cc(C(=N)N)cs1.Cl. The van der Waals surface area contributed by atoms with Crippen LogP contribution in [0.3, 0.4) is 0 Å². The number of halogens is 3. The fourth-order valence-electron chi connectivity index (χ4n) is 5.06. The quantitative estimate of drug-likeness (QED) is 0.160. The van der Waals surface area contributed by atoms with Gasteiger partial charge >= 0.3 is 6.61 Å². The summed E-state index contributed by atoms with van der Waals surface area (Å²) in [5.41, 5.74) is 7.63. The Morgan fingerprint density at radius 3 is 2.29 bits per heavy atom. The Morgan fingerprint density at radius 1 is 1.07 bits per heavy atom. The van der Waals surface area contributed by atoms with Gasteiger partial charge in [0.15, 0.2) is 0 Å². The second kappa shape index (κ2) is 14.8. The molecule has 2 aromatic carbocycles. The number of alkyl halides is 2. The number of nitrogen functional groups attached to an aromatic ring is 1. The summed E-state index contributed by atoms with van der Waals surface area (Å²) in [6, 6.07) is 14.5. The lowest BCUT2D eigenvalue weighted by molar-refractivity contribution is -0.160. The Morgan fingerprint density at radius 2 is 1.71 bits per heavy atom. The number of amidine groups is 1. The van der Waals surface area contributed by atoms with Gasteiger partial charge in [0.25, 0.3) is 5.91 Å².